The zero-order valence-electron chi connectivity index (χ0n) is 13.7. The number of nitrogens with two attached hydrogens (primary N) is 1. The second-order valence-corrected chi connectivity index (χ2v) is 6.41. The number of carbonyl (C=O) groups is 2. The first-order valence-electron chi connectivity index (χ1n) is 7.81. The Bertz CT molecular complexity index is 924. The van der Waals surface area contributed by atoms with Crippen molar-refractivity contribution in [2.45, 2.75) is 5.92 Å². The van der Waals surface area contributed by atoms with Crippen molar-refractivity contribution in [1.29, 1.82) is 0 Å². The predicted octanol–water partition coefficient (Wildman–Crippen LogP) is 3.41. The minimum atomic E-state index is -1.05. The minimum Gasteiger partial charge on any atom is -0.478 e. The number of nitrogens with zero attached hydrogens (tertiary/aromatic N) is 1. The Kier molecular flexibility index (Phi) is 5.28. The molecule has 3 rings (SSSR count). The van der Waals surface area contributed by atoms with E-state index >= 15 is 0 Å². The van der Waals surface area contributed by atoms with Crippen molar-refractivity contribution < 1.29 is 19.4 Å². The summed E-state index contributed by atoms with van der Waals surface area (Å²) in [6.45, 7) is -0.0405. The molecule has 0 fully saturated rings. The Morgan fingerprint density at radius 3 is 2.46 bits per heavy atom. The lowest BCUT2D eigenvalue weighted by Crippen LogP contribution is -2.17. The number of hydrogen-bond donors (Lipinski definition) is 2. The molecule has 0 aliphatic rings. The van der Waals surface area contributed by atoms with Crippen LogP contribution in [0.25, 0.3) is 0 Å². The quantitative estimate of drug-likeness (QED) is 0.646. The molecule has 3 aromatic rings. The van der Waals surface area contributed by atoms with Crippen LogP contribution in [-0.2, 0) is 4.74 Å². The average molecular weight is 368 g/mol. The molecule has 1 heterocycles. The van der Waals surface area contributed by atoms with Crippen molar-refractivity contribution in [3.8, 4) is 0 Å². The van der Waals surface area contributed by atoms with E-state index in [2.05, 4.69) is 4.98 Å². The minimum absolute atomic E-state index is 0.0405. The molecule has 0 saturated heterocycles. The summed E-state index contributed by atoms with van der Waals surface area (Å²) in [4.78, 5) is 28.1. The normalized spacial score (nSPS) is 11.7. The van der Waals surface area contributed by atoms with Gasteiger partial charge in [-0.25, -0.2) is 14.6 Å². The number of ether oxygens (including phenoxy) is 1. The van der Waals surface area contributed by atoms with Crippen molar-refractivity contribution in [2.24, 2.45) is 0 Å². The standard InChI is InChI=1S/C19H16N2O4S/c20-19-21-16(11-26-19)15(13-8-4-5-9-14(13)17(22)23)10-25-18(24)12-6-2-1-3-7-12/h1-9,11,15H,10H2,(H2,20,21)(H,22,23)/t15-/m1/s1. The number of anilines is 1. The number of esters is 1. The van der Waals surface area contributed by atoms with Gasteiger partial charge in [0.2, 0.25) is 0 Å². The maximum atomic E-state index is 12.3. The molecule has 0 aliphatic carbocycles. The number of benzene rings is 2. The molecular formula is C19H16N2O4S. The zero-order valence-corrected chi connectivity index (χ0v) is 14.5. The molecule has 2 aromatic carbocycles. The largest absolute Gasteiger partial charge is 0.478 e. The fourth-order valence-corrected chi connectivity index (χ4v) is 3.22. The highest BCUT2D eigenvalue weighted by atomic mass is 32.1. The van der Waals surface area contributed by atoms with Crippen LogP contribution < -0.4 is 5.73 Å². The first-order valence-corrected chi connectivity index (χ1v) is 8.69. The number of hydrogen-bond acceptors (Lipinski definition) is 6. The molecule has 0 saturated carbocycles. The summed E-state index contributed by atoms with van der Waals surface area (Å²) in [6, 6.07) is 15.2. The summed E-state index contributed by atoms with van der Waals surface area (Å²) in [5.41, 5.74) is 7.38. The molecule has 26 heavy (non-hydrogen) atoms. The zero-order chi connectivity index (χ0) is 18.5. The molecule has 0 unspecified atom stereocenters. The van der Waals surface area contributed by atoms with Crippen LogP contribution in [0.5, 0.6) is 0 Å². The molecule has 0 amide bonds. The van der Waals surface area contributed by atoms with Crippen molar-refractivity contribution in [3.05, 3.63) is 82.4 Å². The lowest BCUT2D eigenvalue weighted by atomic mass is 9.92. The summed E-state index contributed by atoms with van der Waals surface area (Å²) in [5, 5.41) is 11.6. The Morgan fingerprint density at radius 1 is 1.12 bits per heavy atom. The number of carboxylic acids is 1. The summed E-state index contributed by atoms with van der Waals surface area (Å²) in [7, 11) is 0. The highest BCUT2D eigenvalue weighted by Gasteiger charge is 2.24. The van der Waals surface area contributed by atoms with Crippen LogP contribution in [0.15, 0.2) is 60.0 Å². The van der Waals surface area contributed by atoms with Crippen molar-refractivity contribution in [3.63, 3.8) is 0 Å². The molecule has 7 heteroatoms. The maximum absolute atomic E-state index is 12.3. The van der Waals surface area contributed by atoms with E-state index in [1.54, 1.807) is 53.9 Å². The number of thiazole rings is 1. The van der Waals surface area contributed by atoms with Gasteiger partial charge in [0.1, 0.15) is 6.61 Å². The Hall–Kier alpha value is -3.19. The first kappa shape index (κ1) is 17.6. The Labute approximate surface area is 153 Å². The van der Waals surface area contributed by atoms with Crippen LogP contribution in [-0.4, -0.2) is 28.6 Å². The number of carbonyl (C=O) groups excluding carboxylic acids is 1. The van der Waals surface area contributed by atoms with E-state index < -0.39 is 17.9 Å². The van der Waals surface area contributed by atoms with Crippen LogP contribution in [0.1, 0.15) is 37.9 Å². The molecule has 0 aliphatic heterocycles. The lowest BCUT2D eigenvalue weighted by molar-refractivity contribution is 0.0491. The van der Waals surface area contributed by atoms with Gasteiger partial charge in [0.25, 0.3) is 0 Å². The topological polar surface area (TPSA) is 103 Å². The molecule has 3 N–H and O–H groups in total. The van der Waals surface area contributed by atoms with E-state index in [1.807, 2.05) is 0 Å². The van der Waals surface area contributed by atoms with E-state index in [0.29, 0.717) is 22.0 Å². The van der Waals surface area contributed by atoms with Gasteiger partial charge < -0.3 is 15.6 Å². The van der Waals surface area contributed by atoms with Crippen LogP contribution in [0.4, 0.5) is 5.13 Å². The number of aromatic carboxylic acids is 1. The molecular weight excluding hydrogens is 352 g/mol. The summed E-state index contributed by atoms with van der Waals surface area (Å²) >= 11 is 1.25. The predicted molar refractivity (Wildman–Crippen MR) is 98.5 cm³/mol. The van der Waals surface area contributed by atoms with Gasteiger partial charge in [-0.2, -0.15) is 0 Å². The third kappa shape index (κ3) is 3.89. The third-order valence-corrected chi connectivity index (χ3v) is 4.55. The van der Waals surface area contributed by atoms with Crippen LogP contribution in [0.3, 0.4) is 0 Å². The second-order valence-electron chi connectivity index (χ2n) is 5.52. The van der Waals surface area contributed by atoms with Gasteiger partial charge in [-0.3, -0.25) is 0 Å². The van der Waals surface area contributed by atoms with Crippen molar-refractivity contribution in [2.75, 3.05) is 12.3 Å². The molecule has 6 nitrogen and oxygen atoms in total. The fourth-order valence-electron chi connectivity index (χ4n) is 2.61. The number of carboxylic acid groups (broad SMARTS) is 1. The molecule has 1 atom stereocenters. The van der Waals surface area contributed by atoms with Gasteiger partial charge in [-0.1, -0.05) is 36.4 Å². The number of rotatable bonds is 6. The van der Waals surface area contributed by atoms with Gasteiger partial charge in [-0.05, 0) is 23.8 Å². The molecule has 0 bridgehead atoms. The van der Waals surface area contributed by atoms with E-state index in [9.17, 15) is 14.7 Å². The van der Waals surface area contributed by atoms with Crippen molar-refractivity contribution >= 4 is 28.4 Å². The molecule has 1 aromatic heterocycles. The van der Waals surface area contributed by atoms with Gasteiger partial charge in [0, 0.05) is 5.38 Å². The highest BCUT2D eigenvalue weighted by molar-refractivity contribution is 7.13. The van der Waals surface area contributed by atoms with Gasteiger partial charge in [-0.15, -0.1) is 11.3 Å². The van der Waals surface area contributed by atoms with Gasteiger partial charge >= 0.3 is 11.9 Å². The fraction of sp³-hybridized carbons (Fsp3) is 0.105. The van der Waals surface area contributed by atoms with Crippen LogP contribution >= 0.6 is 11.3 Å². The second kappa shape index (κ2) is 7.79. The Balaban J connectivity index is 1.90. The lowest BCUT2D eigenvalue weighted by Gasteiger charge is -2.17. The van der Waals surface area contributed by atoms with E-state index in [0.717, 1.165) is 0 Å². The average Bonchev–Trinajstić information content (AvgIpc) is 3.09. The van der Waals surface area contributed by atoms with E-state index in [-0.39, 0.29) is 12.2 Å². The maximum Gasteiger partial charge on any atom is 0.338 e. The SMILES string of the molecule is Nc1nc([C@H](COC(=O)c2ccccc2)c2ccccc2C(=O)O)cs1. The summed E-state index contributed by atoms with van der Waals surface area (Å²) in [6.07, 6.45) is 0. The third-order valence-electron chi connectivity index (χ3n) is 3.85. The van der Waals surface area contributed by atoms with Gasteiger partial charge in [0.05, 0.1) is 22.7 Å². The smallest absolute Gasteiger partial charge is 0.338 e. The van der Waals surface area contributed by atoms with Crippen LogP contribution in [0, 0.1) is 0 Å². The van der Waals surface area contributed by atoms with Gasteiger partial charge in [0.15, 0.2) is 5.13 Å². The summed E-state index contributed by atoms with van der Waals surface area (Å²) in [5.74, 6) is -2.06. The van der Waals surface area contributed by atoms with E-state index in [1.165, 1.54) is 17.4 Å². The summed E-state index contributed by atoms with van der Waals surface area (Å²) < 4.78 is 5.43. The molecule has 0 radical (unpaired) electrons. The molecule has 132 valence electrons. The van der Waals surface area contributed by atoms with E-state index in [4.69, 9.17) is 10.5 Å². The van der Waals surface area contributed by atoms with Crippen LogP contribution in [0.2, 0.25) is 0 Å². The monoisotopic (exact) mass is 368 g/mol. The Morgan fingerprint density at radius 2 is 1.81 bits per heavy atom. The molecule has 0 spiro atoms. The first-order chi connectivity index (χ1) is 12.6. The highest BCUT2D eigenvalue weighted by Crippen LogP contribution is 2.30. The number of nitrogen functional groups attached to an aromatic ring is 1. The van der Waals surface area contributed by atoms with Crippen molar-refractivity contribution in [1.82, 2.24) is 4.98 Å². The number of aromatic nitrogens is 1.